The standard InChI is InChI=1S/C8H7N3O2S/c12-8(13)6-1-10-11(2-6)3-7-4-14-5-9-7/h1-2,4-5H,3H2,(H,12,13). The molecule has 2 rings (SSSR count). The van der Waals surface area contributed by atoms with Crippen LogP contribution in [-0.2, 0) is 6.54 Å². The van der Waals surface area contributed by atoms with Crippen LogP contribution in [0.25, 0.3) is 0 Å². The molecule has 0 aliphatic carbocycles. The highest BCUT2D eigenvalue weighted by atomic mass is 32.1. The third kappa shape index (κ3) is 1.80. The Hall–Kier alpha value is -1.69. The second kappa shape index (κ2) is 3.59. The highest BCUT2D eigenvalue weighted by molar-refractivity contribution is 7.07. The van der Waals surface area contributed by atoms with Gasteiger partial charge in [-0.1, -0.05) is 0 Å². The lowest BCUT2D eigenvalue weighted by Gasteiger charge is -1.95. The van der Waals surface area contributed by atoms with E-state index in [1.165, 1.54) is 23.7 Å². The molecule has 0 aliphatic rings. The van der Waals surface area contributed by atoms with Gasteiger partial charge in [0.05, 0.1) is 29.5 Å². The molecule has 2 aromatic rings. The van der Waals surface area contributed by atoms with Gasteiger partial charge in [-0.15, -0.1) is 11.3 Å². The molecular weight excluding hydrogens is 202 g/mol. The molecule has 0 atom stereocenters. The Morgan fingerprint density at radius 2 is 2.50 bits per heavy atom. The molecule has 5 nitrogen and oxygen atoms in total. The topological polar surface area (TPSA) is 68.0 Å². The largest absolute Gasteiger partial charge is 0.478 e. The minimum Gasteiger partial charge on any atom is -0.478 e. The zero-order valence-corrected chi connectivity index (χ0v) is 7.94. The highest BCUT2D eigenvalue weighted by Crippen LogP contribution is 2.04. The third-order valence-electron chi connectivity index (χ3n) is 1.69. The van der Waals surface area contributed by atoms with Crippen LogP contribution in [-0.4, -0.2) is 25.8 Å². The number of carbonyl (C=O) groups is 1. The molecule has 0 fully saturated rings. The van der Waals surface area contributed by atoms with Crippen molar-refractivity contribution < 1.29 is 9.90 Å². The van der Waals surface area contributed by atoms with Crippen molar-refractivity contribution in [1.29, 1.82) is 0 Å². The minimum absolute atomic E-state index is 0.195. The number of aromatic carboxylic acids is 1. The molecule has 0 spiro atoms. The Kier molecular flexibility index (Phi) is 2.28. The molecule has 14 heavy (non-hydrogen) atoms. The predicted molar refractivity (Wildman–Crippen MR) is 50.4 cm³/mol. The zero-order chi connectivity index (χ0) is 9.97. The van der Waals surface area contributed by atoms with Crippen molar-refractivity contribution in [2.75, 3.05) is 0 Å². The molecule has 0 saturated heterocycles. The number of nitrogens with zero attached hydrogens (tertiary/aromatic N) is 3. The fraction of sp³-hybridized carbons (Fsp3) is 0.125. The second-order valence-electron chi connectivity index (χ2n) is 2.71. The highest BCUT2D eigenvalue weighted by Gasteiger charge is 2.06. The average molecular weight is 209 g/mol. The summed E-state index contributed by atoms with van der Waals surface area (Å²) >= 11 is 1.50. The van der Waals surface area contributed by atoms with Gasteiger partial charge in [-0.2, -0.15) is 5.10 Å². The van der Waals surface area contributed by atoms with Crippen LogP contribution < -0.4 is 0 Å². The Labute approximate surface area is 83.6 Å². The van der Waals surface area contributed by atoms with E-state index in [4.69, 9.17) is 5.11 Å². The van der Waals surface area contributed by atoms with E-state index in [1.54, 1.807) is 10.2 Å². The lowest BCUT2D eigenvalue weighted by Crippen LogP contribution is -2.00. The van der Waals surface area contributed by atoms with E-state index in [1.807, 2.05) is 5.38 Å². The molecule has 2 heterocycles. The summed E-state index contributed by atoms with van der Waals surface area (Å²) in [5.74, 6) is -0.963. The van der Waals surface area contributed by atoms with Gasteiger partial charge in [0, 0.05) is 11.6 Å². The van der Waals surface area contributed by atoms with Crippen LogP contribution in [0.4, 0.5) is 0 Å². The number of thiazole rings is 1. The maximum absolute atomic E-state index is 10.5. The van der Waals surface area contributed by atoms with Gasteiger partial charge in [0.25, 0.3) is 0 Å². The quantitative estimate of drug-likeness (QED) is 0.821. The summed E-state index contributed by atoms with van der Waals surface area (Å²) < 4.78 is 1.55. The number of hydrogen-bond acceptors (Lipinski definition) is 4. The van der Waals surface area contributed by atoms with Gasteiger partial charge >= 0.3 is 5.97 Å². The van der Waals surface area contributed by atoms with Crippen LogP contribution in [0.15, 0.2) is 23.3 Å². The van der Waals surface area contributed by atoms with Crippen molar-refractivity contribution in [3.63, 3.8) is 0 Å². The van der Waals surface area contributed by atoms with Crippen LogP contribution in [0.2, 0.25) is 0 Å². The molecule has 6 heteroatoms. The van der Waals surface area contributed by atoms with E-state index in [0.29, 0.717) is 6.54 Å². The first kappa shape index (κ1) is 8.89. The lowest BCUT2D eigenvalue weighted by atomic mass is 10.4. The maximum atomic E-state index is 10.5. The number of carboxylic acid groups (broad SMARTS) is 1. The third-order valence-corrected chi connectivity index (χ3v) is 2.32. The monoisotopic (exact) mass is 209 g/mol. The SMILES string of the molecule is O=C(O)c1cnn(Cc2cscn2)c1. The van der Waals surface area contributed by atoms with Gasteiger partial charge in [0.15, 0.2) is 0 Å². The second-order valence-corrected chi connectivity index (χ2v) is 3.43. The fourth-order valence-corrected chi connectivity index (χ4v) is 1.59. The zero-order valence-electron chi connectivity index (χ0n) is 7.12. The van der Waals surface area contributed by atoms with Crippen LogP contribution in [0.5, 0.6) is 0 Å². The summed E-state index contributed by atoms with van der Waals surface area (Å²) in [6.07, 6.45) is 2.82. The summed E-state index contributed by atoms with van der Waals surface area (Å²) in [6.45, 7) is 0.511. The van der Waals surface area contributed by atoms with E-state index in [0.717, 1.165) is 5.69 Å². The van der Waals surface area contributed by atoms with E-state index in [9.17, 15) is 4.79 Å². The lowest BCUT2D eigenvalue weighted by molar-refractivity contribution is 0.0697. The fourth-order valence-electron chi connectivity index (χ4n) is 1.04. The number of aromatic nitrogens is 3. The Morgan fingerprint density at radius 3 is 3.07 bits per heavy atom. The summed E-state index contributed by atoms with van der Waals surface area (Å²) in [5.41, 5.74) is 2.81. The number of hydrogen-bond donors (Lipinski definition) is 1. The molecule has 0 aliphatic heterocycles. The molecule has 1 N–H and O–H groups in total. The first-order valence-corrected chi connectivity index (χ1v) is 4.83. The van der Waals surface area contributed by atoms with Gasteiger partial charge in [0.2, 0.25) is 0 Å². The van der Waals surface area contributed by atoms with Crippen LogP contribution in [0, 0.1) is 0 Å². The maximum Gasteiger partial charge on any atom is 0.338 e. The summed E-state index contributed by atoms with van der Waals surface area (Å²) in [4.78, 5) is 14.6. The average Bonchev–Trinajstić information content (AvgIpc) is 2.75. The van der Waals surface area contributed by atoms with Crippen LogP contribution in [0.1, 0.15) is 16.1 Å². The van der Waals surface area contributed by atoms with Crippen molar-refractivity contribution in [3.8, 4) is 0 Å². The molecule has 0 unspecified atom stereocenters. The normalized spacial score (nSPS) is 10.3. The molecular formula is C8H7N3O2S. The molecule has 72 valence electrons. The molecule has 0 saturated carbocycles. The number of rotatable bonds is 3. The molecule has 2 aromatic heterocycles. The van der Waals surface area contributed by atoms with Crippen molar-refractivity contribution >= 4 is 17.3 Å². The minimum atomic E-state index is -0.963. The predicted octanol–water partition coefficient (Wildman–Crippen LogP) is 1.09. The van der Waals surface area contributed by atoms with Crippen LogP contribution >= 0.6 is 11.3 Å². The van der Waals surface area contributed by atoms with Gasteiger partial charge in [-0.05, 0) is 0 Å². The smallest absolute Gasteiger partial charge is 0.338 e. The van der Waals surface area contributed by atoms with Crippen LogP contribution in [0.3, 0.4) is 0 Å². The Balaban J connectivity index is 2.14. The first-order chi connectivity index (χ1) is 6.75. The van der Waals surface area contributed by atoms with E-state index in [-0.39, 0.29) is 5.56 Å². The molecule has 0 radical (unpaired) electrons. The summed E-state index contributed by atoms with van der Waals surface area (Å²) in [7, 11) is 0. The van der Waals surface area contributed by atoms with Crippen molar-refractivity contribution in [1.82, 2.24) is 14.8 Å². The Morgan fingerprint density at radius 1 is 1.64 bits per heavy atom. The van der Waals surface area contributed by atoms with Crippen molar-refractivity contribution in [3.05, 3.63) is 34.5 Å². The Bertz CT molecular complexity index is 435. The molecule has 0 bridgehead atoms. The number of carboxylic acids is 1. The molecule has 0 amide bonds. The van der Waals surface area contributed by atoms with E-state index in [2.05, 4.69) is 10.1 Å². The van der Waals surface area contributed by atoms with Crippen molar-refractivity contribution in [2.24, 2.45) is 0 Å². The van der Waals surface area contributed by atoms with E-state index < -0.39 is 5.97 Å². The van der Waals surface area contributed by atoms with Gasteiger partial charge in [0.1, 0.15) is 0 Å². The first-order valence-electron chi connectivity index (χ1n) is 3.88. The van der Waals surface area contributed by atoms with Gasteiger partial charge in [-0.25, -0.2) is 9.78 Å². The molecule has 0 aromatic carbocycles. The van der Waals surface area contributed by atoms with Gasteiger partial charge < -0.3 is 5.11 Å². The van der Waals surface area contributed by atoms with Crippen molar-refractivity contribution in [2.45, 2.75) is 6.54 Å². The summed E-state index contributed by atoms with van der Waals surface area (Å²) in [5, 5.41) is 14.5. The van der Waals surface area contributed by atoms with E-state index >= 15 is 0 Å². The van der Waals surface area contributed by atoms with Gasteiger partial charge in [-0.3, -0.25) is 4.68 Å². The summed E-state index contributed by atoms with van der Waals surface area (Å²) in [6, 6.07) is 0.